The molecule has 0 atom stereocenters. The summed E-state index contributed by atoms with van der Waals surface area (Å²) < 4.78 is 26.9. The zero-order valence-corrected chi connectivity index (χ0v) is 13.8. The third-order valence-corrected chi connectivity index (χ3v) is 6.74. The standard InChI is InChI=1S/C17H23NO3S/c1-18(13-17(19)10-4-5-11-17)22(20,21)16-9-8-14-6-2-3-7-15(14)12-16/h2-3,6-7,12,19H,4-5,8-11,13H2,1H3. The molecular formula is C17H23NO3S. The van der Waals surface area contributed by atoms with E-state index in [4.69, 9.17) is 0 Å². The second kappa shape index (κ2) is 5.80. The van der Waals surface area contributed by atoms with Gasteiger partial charge in [0.25, 0.3) is 0 Å². The molecule has 1 N–H and O–H groups in total. The zero-order valence-electron chi connectivity index (χ0n) is 13.0. The van der Waals surface area contributed by atoms with Gasteiger partial charge in [0.1, 0.15) is 0 Å². The fraction of sp³-hybridized carbons (Fsp3) is 0.529. The number of likely N-dealkylation sites (N-methyl/N-ethyl adjacent to an activating group) is 1. The minimum Gasteiger partial charge on any atom is -0.389 e. The first kappa shape index (κ1) is 15.7. The van der Waals surface area contributed by atoms with Gasteiger partial charge in [-0.1, -0.05) is 37.1 Å². The number of aryl methyl sites for hydroxylation is 1. The molecule has 3 rings (SSSR count). The molecule has 2 aliphatic carbocycles. The number of allylic oxidation sites excluding steroid dienone is 1. The van der Waals surface area contributed by atoms with Crippen LogP contribution in [-0.4, -0.2) is 37.0 Å². The van der Waals surface area contributed by atoms with E-state index in [0.29, 0.717) is 24.2 Å². The Hall–Kier alpha value is -1.17. The van der Waals surface area contributed by atoms with Gasteiger partial charge < -0.3 is 5.11 Å². The topological polar surface area (TPSA) is 57.6 Å². The third-order valence-electron chi connectivity index (χ3n) is 4.81. The summed E-state index contributed by atoms with van der Waals surface area (Å²) >= 11 is 0. The summed E-state index contributed by atoms with van der Waals surface area (Å²) in [6.45, 7) is 0.189. The van der Waals surface area contributed by atoms with E-state index >= 15 is 0 Å². The SMILES string of the molecule is CN(CC1(O)CCCC1)S(=O)(=O)C1=Cc2ccccc2CC1. The van der Waals surface area contributed by atoms with Crippen molar-refractivity contribution >= 4 is 16.1 Å². The number of nitrogens with zero attached hydrogens (tertiary/aromatic N) is 1. The number of hydrogen-bond donors (Lipinski definition) is 1. The first-order chi connectivity index (χ1) is 10.4. The molecule has 0 saturated heterocycles. The summed E-state index contributed by atoms with van der Waals surface area (Å²) in [6, 6.07) is 7.90. The highest BCUT2D eigenvalue weighted by molar-refractivity contribution is 7.93. The Morgan fingerprint density at radius 2 is 1.86 bits per heavy atom. The Balaban J connectivity index is 1.82. The van der Waals surface area contributed by atoms with Crippen LogP contribution in [0.4, 0.5) is 0 Å². The first-order valence-electron chi connectivity index (χ1n) is 7.88. The summed E-state index contributed by atoms with van der Waals surface area (Å²) in [7, 11) is -1.92. The Kier molecular flexibility index (Phi) is 4.14. The average Bonchev–Trinajstić information content (AvgIpc) is 2.93. The molecule has 4 nitrogen and oxygen atoms in total. The lowest BCUT2D eigenvalue weighted by molar-refractivity contribution is 0.0335. The first-order valence-corrected chi connectivity index (χ1v) is 9.32. The van der Waals surface area contributed by atoms with E-state index in [2.05, 4.69) is 0 Å². The summed E-state index contributed by atoms with van der Waals surface area (Å²) in [5.74, 6) is 0. The summed E-state index contributed by atoms with van der Waals surface area (Å²) in [5.41, 5.74) is 1.33. The molecule has 0 radical (unpaired) electrons. The van der Waals surface area contributed by atoms with E-state index in [-0.39, 0.29) is 6.54 Å². The van der Waals surface area contributed by atoms with E-state index in [1.807, 2.05) is 24.3 Å². The van der Waals surface area contributed by atoms with Crippen molar-refractivity contribution in [3.05, 3.63) is 40.3 Å². The number of hydrogen-bond acceptors (Lipinski definition) is 3. The molecular weight excluding hydrogens is 298 g/mol. The predicted octanol–water partition coefficient (Wildman–Crippen LogP) is 2.54. The van der Waals surface area contributed by atoms with E-state index in [1.165, 1.54) is 9.87 Å². The van der Waals surface area contributed by atoms with Crippen LogP contribution in [0, 0.1) is 0 Å². The Labute approximate surface area is 132 Å². The molecule has 0 aromatic heterocycles. The fourth-order valence-electron chi connectivity index (χ4n) is 3.50. The second-order valence-corrected chi connectivity index (χ2v) is 8.60. The molecule has 0 heterocycles. The summed E-state index contributed by atoms with van der Waals surface area (Å²) in [5, 5.41) is 10.5. The molecule has 0 amide bonds. The van der Waals surface area contributed by atoms with Crippen molar-refractivity contribution in [2.45, 2.75) is 44.1 Å². The van der Waals surface area contributed by atoms with Gasteiger partial charge >= 0.3 is 0 Å². The lowest BCUT2D eigenvalue weighted by atomic mass is 9.98. The van der Waals surface area contributed by atoms with Crippen molar-refractivity contribution < 1.29 is 13.5 Å². The van der Waals surface area contributed by atoms with Crippen LogP contribution in [-0.2, 0) is 16.4 Å². The predicted molar refractivity (Wildman–Crippen MR) is 87.7 cm³/mol. The molecule has 120 valence electrons. The monoisotopic (exact) mass is 321 g/mol. The average molecular weight is 321 g/mol. The van der Waals surface area contributed by atoms with Crippen molar-refractivity contribution in [2.75, 3.05) is 13.6 Å². The molecule has 5 heteroatoms. The number of rotatable bonds is 4. The second-order valence-electron chi connectivity index (χ2n) is 6.50. The van der Waals surface area contributed by atoms with Crippen molar-refractivity contribution in [3.8, 4) is 0 Å². The molecule has 2 aliphatic rings. The number of aliphatic hydroxyl groups is 1. The van der Waals surface area contributed by atoms with Crippen molar-refractivity contribution in [3.63, 3.8) is 0 Å². The van der Waals surface area contributed by atoms with Crippen LogP contribution in [0.5, 0.6) is 0 Å². The largest absolute Gasteiger partial charge is 0.389 e. The maximum absolute atomic E-state index is 12.8. The smallest absolute Gasteiger partial charge is 0.239 e. The normalized spacial score (nSPS) is 20.8. The molecule has 1 aromatic carbocycles. The van der Waals surface area contributed by atoms with Gasteiger partial charge in [-0.3, -0.25) is 0 Å². The maximum atomic E-state index is 12.8. The lowest BCUT2D eigenvalue weighted by Gasteiger charge is -2.29. The Bertz CT molecular complexity index is 688. The molecule has 0 bridgehead atoms. The van der Waals surface area contributed by atoms with Gasteiger partial charge in [0.05, 0.1) is 10.5 Å². The highest BCUT2D eigenvalue weighted by Crippen LogP contribution is 2.33. The van der Waals surface area contributed by atoms with Gasteiger partial charge in [-0.2, -0.15) is 4.31 Å². The Morgan fingerprint density at radius 3 is 2.59 bits per heavy atom. The Morgan fingerprint density at radius 1 is 1.18 bits per heavy atom. The van der Waals surface area contributed by atoms with E-state index in [0.717, 1.165) is 24.8 Å². The highest BCUT2D eigenvalue weighted by Gasteiger charge is 2.36. The van der Waals surface area contributed by atoms with E-state index in [1.54, 1.807) is 13.1 Å². The fourth-order valence-corrected chi connectivity index (χ4v) is 4.95. The van der Waals surface area contributed by atoms with Crippen molar-refractivity contribution in [2.24, 2.45) is 0 Å². The van der Waals surface area contributed by atoms with E-state index < -0.39 is 15.6 Å². The molecule has 1 saturated carbocycles. The van der Waals surface area contributed by atoms with Crippen LogP contribution < -0.4 is 0 Å². The van der Waals surface area contributed by atoms with Gasteiger partial charge in [0, 0.05) is 13.6 Å². The van der Waals surface area contributed by atoms with Crippen molar-refractivity contribution in [1.29, 1.82) is 0 Å². The van der Waals surface area contributed by atoms with Gasteiger partial charge in [-0.15, -0.1) is 0 Å². The third kappa shape index (κ3) is 2.98. The van der Waals surface area contributed by atoms with Gasteiger partial charge in [-0.05, 0) is 42.9 Å². The van der Waals surface area contributed by atoms with Crippen molar-refractivity contribution in [1.82, 2.24) is 4.31 Å². The van der Waals surface area contributed by atoms with Crippen LogP contribution in [0.2, 0.25) is 0 Å². The number of benzene rings is 1. The molecule has 0 aliphatic heterocycles. The summed E-state index contributed by atoms with van der Waals surface area (Å²) in [6.07, 6.45) is 6.38. The minimum absolute atomic E-state index is 0.189. The lowest BCUT2D eigenvalue weighted by Crippen LogP contribution is -2.42. The number of sulfonamides is 1. The molecule has 1 aromatic rings. The zero-order chi connectivity index (χ0) is 15.8. The van der Waals surface area contributed by atoms with Gasteiger partial charge in [0.2, 0.25) is 10.0 Å². The molecule has 0 spiro atoms. The molecule has 0 unspecified atom stereocenters. The van der Waals surface area contributed by atoms with Crippen LogP contribution in [0.25, 0.3) is 6.08 Å². The van der Waals surface area contributed by atoms with Crippen LogP contribution in [0.1, 0.15) is 43.2 Å². The molecule has 22 heavy (non-hydrogen) atoms. The van der Waals surface area contributed by atoms with Crippen LogP contribution >= 0.6 is 0 Å². The summed E-state index contributed by atoms with van der Waals surface area (Å²) in [4.78, 5) is 0.454. The maximum Gasteiger partial charge on any atom is 0.239 e. The van der Waals surface area contributed by atoms with Gasteiger partial charge in [0.15, 0.2) is 0 Å². The van der Waals surface area contributed by atoms with E-state index in [9.17, 15) is 13.5 Å². The number of fused-ring (bicyclic) bond motifs is 1. The van der Waals surface area contributed by atoms with Crippen LogP contribution in [0.3, 0.4) is 0 Å². The minimum atomic E-state index is -3.50. The van der Waals surface area contributed by atoms with Gasteiger partial charge in [-0.25, -0.2) is 8.42 Å². The quantitative estimate of drug-likeness (QED) is 0.927. The molecule has 1 fully saturated rings. The highest BCUT2D eigenvalue weighted by atomic mass is 32.2. The van der Waals surface area contributed by atoms with Crippen LogP contribution in [0.15, 0.2) is 29.2 Å².